The van der Waals surface area contributed by atoms with Crippen LogP contribution in [0.2, 0.25) is 0 Å². The summed E-state index contributed by atoms with van der Waals surface area (Å²) in [5, 5.41) is 10.8. The second-order valence-electron chi connectivity index (χ2n) is 6.66. The van der Waals surface area contributed by atoms with E-state index >= 15 is 0 Å². The molecule has 0 spiro atoms. The van der Waals surface area contributed by atoms with Gasteiger partial charge in [-0.2, -0.15) is 0 Å². The number of aliphatic hydroxyl groups is 1. The third kappa shape index (κ3) is 4.03. The van der Waals surface area contributed by atoms with E-state index in [2.05, 4.69) is 0 Å². The summed E-state index contributed by atoms with van der Waals surface area (Å²) >= 11 is 0. The molecule has 6 nitrogen and oxygen atoms in total. The van der Waals surface area contributed by atoms with Gasteiger partial charge in [0, 0.05) is 19.0 Å². The Morgan fingerprint density at radius 1 is 1.10 bits per heavy atom. The van der Waals surface area contributed by atoms with Gasteiger partial charge in [0.1, 0.15) is 17.3 Å². The molecule has 29 heavy (non-hydrogen) atoms. The smallest absolute Gasteiger partial charge is 0.308 e. The molecule has 1 heterocycles. The number of rotatable bonds is 5. The third-order valence-electron chi connectivity index (χ3n) is 4.58. The minimum Gasteiger partial charge on any atom is -0.507 e. The fourth-order valence-corrected chi connectivity index (χ4v) is 3.35. The lowest BCUT2D eigenvalue weighted by Crippen LogP contribution is -2.30. The van der Waals surface area contributed by atoms with Crippen molar-refractivity contribution in [2.24, 2.45) is 0 Å². The van der Waals surface area contributed by atoms with Crippen LogP contribution in [-0.4, -0.2) is 34.2 Å². The predicted molar refractivity (Wildman–Crippen MR) is 103 cm³/mol. The maximum atomic E-state index is 13.2. The first-order valence-corrected chi connectivity index (χ1v) is 9.16. The summed E-state index contributed by atoms with van der Waals surface area (Å²) < 4.78 is 18.3. The van der Waals surface area contributed by atoms with Gasteiger partial charge in [0.05, 0.1) is 11.6 Å². The molecule has 0 bridgehead atoms. The second kappa shape index (κ2) is 8.26. The van der Waals surface area contributed by atoms with Gasteiger partial charge in [-0.3, -0.25) is 14.4 Å². The van der Waals surface area contributed by atoms with Crippen LogP contribution in [0.15, 0.2) is 54.1 Å². The number of carbonyl (C=O) groups excluding carboxylic acids is 3. The zero-order valence-electron chi connectivity index (χ0n) is 16.0. The number of hydrogen-bond donors (Lipinski definition) is 1. The number of esters is 1. The van der Waals surface area contributed by atoms with Crippen LogP contribution in [0.3, 0.4) is 0 Å². The van der Waals surface area contributed by atoms with Crippen LogP contribution in [0.1, 0.15) is 37.4 Å². The maximum absolute atomic E-state index is 13.2. The number of hydrogen-bond acceptors (Lipinski definition) is 5. The molecule has 1 N–H and O–H groups in total. The van der Waals surface area contributed by atoms with E-state index in [0.29, 0.717) is 24.3 Å². The molecule has 2 aromatic carbocycles. The van der Waals surface area contributed by atoms with E-state index in [-0.39, 0.29) is 16.9 Å². The molecule has 7 heteroatoms. The van der Waals surface area contributed by atoms with Crippen molar-refractivity contribution < 1.29 is 28.6 Å². The number of amides is 1. The highest BCUT2D eigenvalue weighted by molar-refractivity contribution is 6.46. The minimum absolute atomic E-state index is 0.0599. The fourth-order valence-electron chi connectivity index (χ4n) is 3.35. The first-order valence-electron chi connectivity index (χ1n) is 9.16. The highest BCUT2D eigenvalue weighted by Gasteiger charge is 2.45. The third-order valence-corrected chi connectivity index (χ3v) is 4.58. The molecule has 1 unspecified atom stereocenters. The van der Waals surface area contributed by atoms with Gasteiger partial charge in [0.15, 0.2) is 0 Å². The Morgan fingerprint density at radius 3 is 2.28 bits per heavy atom. The van der Waals surface area contributed by atoms with E-state index in [1.165, 1.54) is 36.1 Å². The molecular formula is C22H20FNO5. The summed E-state index contributed by atoms with van der Waals surface area (Å²) in [4.78, 5) is 37.8. The predicted octanol–water partition coefficient (Wildman–Crippen LogP) is 3.58. The Labute approximate surface area is 167 Å². The number of aliphatic hydroxyl groups excluding tert-OH is 1. The number of ether oxygens (including phenoxy) is 1. The Morgan fingerprint density at radius 2 is 1.72 bits per heavy atom. The number of likely N-dealkylation sites (tertiary alicyclic amines) is 1. The summed E-state index contributed by atoms with van der Waals surface area (Å²) in [5.74, 6) is -2.49. The summed E-state index contributed by atoms with van der Waals surface area (Å²) in [6, 6.07) is 10.6. The summed E-state index contributed by atoms with van der Waals surface area (Å²) in [6.45, 7) is 3.48. The van der Waals surface area contributed by atoms with E-state index in [4.69, 9.17) is 4.74 Å². The van der Waals surface area contributed by atoms with Crippen molar-refractivity contribution in [1.29, 1.82) is 0 Å². The molecule has 1 saturated heterocycles. The number of Topliss-reactive ketones (excluding diaryl/α,β-unsaturated/α-hetero) is 1. The van der Waals surface area contributed by atoms with Crippen molar-refractivity contribution in [3.63, 3.8) is 0 Å². The van der Waals surface area contributed by atoms with Crippen LogP contribution in [0.5, 0.6) is 5.75 Å². The molecule has 3 rings (SSSR count). The quantitative estimate of drug-likeness (QED) is 0.274. The lowest BCUT2D eigenvalue weighted by molar-refractivity contribution is -0.139. The molecule has 0 aromatic heterocycles. The number of carbonyl (C=O) groups is 3. The zero-order valence-corrected chi connectivity index (χ0v) is 16.0. The summed E-state index contributed by atoms with van der Waals surface area (Å²) in [5.41, 5.74) is 0.759. The van der Waals surface area contributed by atoms with Gasteiger partial charge in [-0.05, 0) is 48.4 Å². The van der Waals surface area contributed by atoms with Gasteiger partial charge >= 0.3 is 5.97 Å². The fraction of sp³-hybridized carbons (Fsp3) is 0.227. The molecule has 0 aliphatic carbocycles. The Bertz CT molecular complexity index is 979. The van der Waals surface area contributed by atoms with Gasteiger partial charge in [-0.25, -0.2) is 4.39 Å². The van der Waals surface area contributed by atoms with Crippen LogP contribution < -0.4 is 4.74 Å². The number of benzene rings is 2. The van der Waals surface area contributed by atoms with E-state index in [0.717, 1.165) is 0 Å². The molecule has 1 aliphatic heterocycles. The van der Waals surface area contributed by atoms with Crippen molar-refractivity contribution in [2.75, 3.05) is 6.54 Å². The molecule has 1 atom stereocenters. The van der Waals surface area contributed by atoms with E-state index in [1.807, 2.05) is 6.92 Å². The summed E-state index contributed by atoms with van der Waals surface area (Å²) in [7, 11) is 0. The molecule has 150 valence electrons. The normalized spacial score (nSPS) is 18.2. The molecule has 1 fully saturated rings. The van der Waals surface area contributed by atoms with Crippen molar-refractivity contribution in [3.8, 4) is 5.75 Å². The van der Waals surface area contributed by atoms with Crippen LogP contribution in [0.4, 0.5) is 4.39 Å². The SMILES string of the molecule is CCCN1C(=O)C(=O)/C(=C(\O)c2ccc(F)cc2)C1c1ccc(OC(C)=O)cc1. The van der Waals surface area contributed by atoms with Gasteiger partial charge in [-0.1, -0.05) is 19.1 Å². The first-order chi connectivity index (χ1) is 13.8. The monoisotopic (exact) mass is 397 g/mol. The standard InChI is InChI=1S/C22H20FNO5/c1-3-12-24-19(14-6-10-17(11-7-14)29-13(2)25)18(21(27)22(24)28)20(26)15-4-8-16(23)9-5-15/h4-11,19,26H,3,12H2,1-2H3/b20-18-. The van der Waals surface area contributed by atoms with Gasteiger partial charge < -0.3 is 14.7 Å². The van der Waals surface area contributed by atoms with Crippen LogP contribution in [-0.2, 0) is 14.4 Å². The van der Waals surface area contributed by atoms with Gasteiger partial charge in [0.2, 0.25) is 0 Å². The van der Waals surface area contributed by atoms with Crippen molar-refractivity contribution in [1.82, 2.24) is 4.90 Å². The molecule has 2 aromatic rings. The van der Waals surface area contributed by atoms with Crippen LogP contribution in [0.25, 0.3) is 5.76 Å². The lowest BCUT2D eigenvalue weighted by Gasteiger charge is -2.25. The van der Waals surface area contributed by atoms with Crippen molar-refractivity contribution in [3.05, 3.63) is 71.0 Å². The van der Waals surface area contributed by atoms with Gasteiger partial charge in [-0.15, -0.1) is 0 Å². The number of ketones is 1. The molecule has 0 saturated carbocycles. The molecular weight excluding hydrogens is 377 g/mol. The van der Waals surface area contributed by atoms with Crippen LogP contribution in [0, 0.1) is 5.82 Å². The topological polar surface area (TPSA) is 83.9 Å². The minimum atomic E-state index is -0.800. The van der Waals surface area contributed by atoms with Crippen molar-refractivity contribution >= 4 is 23.4 Å². The highest BCUT2D eigenvalue weighted by Crippen LogP contribution is 2.39. The zero-order chi connectivity index (χ0) is 21.1. The first kappa shape index (κ1) is 20.3. The maximum Gasteiger partial charge on any atom is 0.308 e. The number of halogens is 1. The van der Waals surface area contributed by atoms with Gasteiger partial charge in [0.25, 0.3) is 11.7 Å². The van der Waals surface area contributed by atoms with Crippen LogP contribution >= 0.6 is 0 Å². The Balaban J connectivity index is 2.10. The second-order valence-corrected chi connectivity index (χ2v) is 6.66. The number of nitrogens with zero attached hydrogens (tertiary/aromatic N) is 1. The molecule has 1 aliphatic rings. The average molecular weight is 397 g/mol. The largest absolute Gasteiger partial charge is 0.507 e. The molecule has 0 radical (unpaired) electrons. The Hall–Kier alpha value is -3.48. The highest BCUT2D eigenvalue weighted by atomic mass is 19.1. The summed E-state index contributed by atoms with van der Waals surface area (Å²) in [6.07, 6.45) is 0.617. The van der Waals surface area contributed by atoms with E-state index in [1.54, 1.807) is 24.3 Å². The van der Waals surface area contributed by atoms with E-state index < -0.39 is 29.5 Å². The average Bonchev–Trinajstić information content (AvgIpc) is 2.93. The lowest BCUT2D eigenvalue weighted by atomic mass is 9.95. The Kier molecular flexibility index (Phi) is 5.77. The van der Waals surface area contributed by atoms with Crippen molar-refractivity contribution in [2.45, 2.75) is 26.3 Å². The van der Waals surface area contributed by atoms with E-state index in [9.17, 15) is 23.9 Å². The molecule has 1 amide bonds.